The van der Waals surface area contributed by atoms with Crippen molar-refractivity contribution in [1.82, 2.24) is 10.2 Å². The third kappa shape index (κ3) is 5.01. The van der Waals surface area contributed by atoms with Crippen molar-refractivity contribution in [2.45, 2.75) is 32.4 Å². The second kappa shape index (κ2) is 7.92. The zero-order chi connectivity index (χ0) is 14.3. The molecule has 0 fully saturated rings. The molecular formula is C15H25N3O. The lowest BCUT2D eigenvalue weighted by molar-refractivity contribution is -0.126. The maximum atomic E-state index is 12.3. The third-order valence-corrected chi connectivity index (χ3v) is 3.20. The molecule has 2 atom stereocenters. The van der Waals surface area contributed by atoms with Crippen molar-refractivity contribution in [2.24, 2.45) is 5.73 Å². The molecule has 0 aliphatic heterocycles. The van der Waals surface area contributed by atoms with Crippen molar-refractivity contribution in [1.29, 1.82) is 0 Å². The monoisotopic (exact) mass is 263 g/mol. The number of likely N-dealkylation sites (N-methyl/N-ethyl adjacent to an activating group) is 1. The number of hydrogen-bond acceptors (Lipinski definition) is 3. The highest BCUT2D eigenvalue weighted by atomic mass is 16.2. The van der Waals surface area contributed by atoms with Gasteiger partial charge in [0, 0.05) is 12.6 Å². The van der Waals surface area contributed by atoms with Gasteiger partial charge in [-0.3, -0.25) is 9.69 Å². The first-order valence-corrected chi connectivity index (χ1v) is 6.84. The largest absolute Gasteiger partial charge is 0.354 e. The number of carbonyl (C=O) groups is 1. The van der Waals surface area contributed by atoms with E-state index in [0.29, 0.717) is 6.54 Å². The molecule has 3 N–H and O–H groups in total. The highest BCUT2D eigenvalue weighted by Crippen LogP contribution is 2.19. The normalized spacial score (nSPS) is 14.2. The molecule has 2 unspecified atom stereocenters. The van der Waals surface area contributed by atoms with E-state index >= 15 is 0 Å². The number of benzene rings is 1. The Kier molecular flexibility index (Phi) is 6.53. The fourth-order valence-electron chi connectivity index (χ4n) is 1.94. The van der Waals surface area contributed by atoms with Gasteiger partial charge in [-0.05, 0) is 32.5 Å². The van der Waals surface area contributed by atoms with Crippen LogP contribution in [0.15, 0.2) is 30.3 Å². The van der Waals surface area contributed by atoms with Crippen molar-refractivity contribution in [3.8, 4) is 0 Å². The van der Waals surface area contributed by atoms with Crippen LogP contribution in [0, 0.1) is 0 Å². The Balaban J connectivity index is 2.72. The van der Waals surface area contributed by atoms with Gasteiger partial charge in [-0.25, -0.2) is 0 Å². The average Bonchev–Trinajstić information content (AvgIpc) is 2.39. The summed E-state index contributed by atoms with van der Waals surface area (Å²) in [5.41, 5.74) is 6.71. The lowest BCUT2D eigenvalue weighted by atomic mass is 10.0. The summed E-state index contributed by atoms with van der Waals surface area (Å²) in [6.07, 6.45) is 0.795. The molecule has 0 bridgehead atoms. The Labute approximate surface area is 116 Å². The van der Waals surface area contributed by atoms with Gasteiger partial charge in [0.05, 0.1) is 0 Å². The zero-order valence-electron chi connectivity index (χ0n) is 12.1. The number of nitrogens with one attached hydrogen (secondary N) is 1. The molecule has 1 amide bonds. The zero-order valence-corrected chi connectivity index (χ0v) is 12.1. The van der Waals surface area contributed by atoms with E-state index < -0.39 is 0 Å². The number of carbonyl (C=O) groups excluding carboxylic acids is 1. The van der Waals surface area contributed by atoms with Crippen LogP contribution in [0.1, 0.15) is 31.9 Å². The van der Waals surface area contributed by atoms with E-state index in [1.54, 1.807) is 0 Å². The van der Waals surface area contributed by atoms with Crippen molar-refractivity contribution < 1.29 is 4.79 Å². The number of amides is 1. The number of nitrogens with two attached hydrogens (primary N) is 1. The van der Waals surface area contributed by atoms with Gasteiger partial charge in [-0.2, -0.15) is 0 Å². The Hall–Kier alpha value is -1.39. The van der Waals surface area contributed by atoms with Crippen LogP contribution in [0.4, 0.5) is 0 Å². The molecule has 0 heterocycles. The van der Waals surface area contributed by atoms with E-state index in [-0.39, 0.29) is 18.0 Å². The predicted octanol–water partition coefficient (Wildman–Crippen LogP) is 1.53. The first-order chi connectivity index (χ1) is 9.06. The summed E-state index contributed by atoms with van der Waals surface area (Å²) in [6.45, 7) is 5.43. The summed E-state index contributed by atoms with van der Waals surface area (Å²) >= 11 is 0. The van der Waals surface area contributed by atoms with Gasteiger partial charge < -0.3 is 11.1 Å². The summed E-state index contributed by atoms with van der Waals surface area (Å²) in [5.74, 6) is 0.0381. The minimum absolute atomic E-state index is 0.0381. The molecule has 0 saturated heterocycles. The highest BCUT2D eigenvalue weighted by Gasteiger charge is 2.23. The van der Waals surface area contributed by atoms with Crippen LogP contribution in [0.5, 0.6) is 0 Å². The van der Waals surface area contributed by atoms with Crippen LogP contribution >= 0.6 is 0 Å². The summed E-state index contributed by atoms with van der Waals surface area (Å²) in [6, 6.07) is 9.73. The van der Waals surface area contributed by atoms with Crippen molar-refractivity contribution in [3.63, 3.8) is 0 Å². The van der Waals surface area contributed by atoms with Gasteiger partial charge in [0.1, 0.15) is 6.04 Å². The SMILES string of the molecule is CCN(C)C(C(=O)NCCC(C)N)c1ccccc1. The maximum Gasteiger partial charge on any atom is 0.241 e. The standard InChI is InChI=1S/C15H25N3O/c1-4-18(3)14(13-8-6-5-7-9-13)15(19)17-11-10-12(2)16/h5-9,12,14H,4,10-11,16H2,1-3H3,(H,17,19). The molecule has 1 aromatic rings. The summed E-state index contributed by atoms with van der Waals surface area (Å²) in [5, 5.41) is 2.97. The first-order valence-electron chi connectivity index (χ1n) is 6.84. The quantitative estimate of drug-likeness (QED) is 0.784. The van der Waals surface area contributed by atoms with Crippen LogP contribution < -0.4 is 11.1 Å². The molecular weight excluding hydrogens is 238 g/mol. The Morgan fingerprint density at radius 1 is 1.37 bits per heavy atom. The van der Waals surface area contributed by atoms with E-state index in [2.05, 4.69) is 5.32 Å². The lowest BCUT2D eigenvalue weighted by Crippen LogP contribution is -2.40. The molecule has 0 aromatic heterocycles. The maximum absolute atomic E-state index is 12.3. The smallest absolute Gasteiger partial charge is 0.241 e. The molecule has 106 valence electrons. The minimum atomic E-state index is -0.237. The minimum Gasteiger partial charge on any atom is -0.354 e. The van der Waals surface area contributed by atoms with E-state index in [4.69, 9.17) is 5.73 Å². The number of nitrogens with zero attached hydrogens (tertiary/aromatic N) is 1. The van der Waals surface area contributed by atoms with Gasteiger partial charge >= 0.3 is 0 Å². The molecule has 0 saturated carbocycles. The molecule has 4 heteroatoms. The molecule has 1 aromatic carbocycles. The molecule has 0 spiro atoms. The van der Waals surface area contributed by atoms with Crippen LogP contribution in [0.2, 0.25) is 0 Å². The second-order valence-electron chi connectivity index (χ2n) is 4.94. The number of rotatable bonds is 7. The van der Waals surface area contributed by atoms with Crippen molar-refractivity contribution >= 4 is 5.91 Å². The van der Waals surface area contributed by atoms with Crippen LogP contribution in [-0.4, -0.2) is 37.0 Å². The topological polar surface area (TPSA) is 58.4 Å². The lowest BCUT2D eigenvalue weighted by Gasteiger charge is -2.26. The summed E-state index contributed by atoms with van der Waals surface area (Å²) in [4.78, 5) is 14.4. The summed E-state index contributed by atoms with van der Waals surface area (Å²) < 4.78 is 0. The molecule has 0 aliphatic rings. The average molecular weight is 263 g/mol. The van der Waals surface area contributed by atoms with Gasteiger partial charge in [-0.1, -0.05) is 37.3 Å². The van der Waals surface area contributed by atoms with Gasteiger partial charge in [0.25, 0.3) is 0 Å². The van der Waals surface area contributed by atoms with E-state index in [1.165, 1.54) is 0 Å². The number of hydrogen-bond donors (Lipinski definition) is 2. The van der Waals surface area contributed by atoms with E-state index in [0.717, 1.165) is 18.5 Å². The molecule has 19 heavy (non-hydrogen) atoms. The van der Waals surface area contributed by atoms with Crippen LogP contribution in [-0.2, 0) is 4.79 Å². The van der Waals surface area contributed by atoms with Crippen LogP contribution in [0.3, 0.4) is 0 Å². The molecule has 0 radical (unpaired) electrons. The Bertz CT molecular complexity index is 378. The summed E-state index contributed by atoms with van der Waals surface area (Å²) in [7, 11) is 1.96. The van der Waals surface area contributed by atoms with Gasteiger partial charge in [0.2, 0.25) is 5.91 Å². The third-order valence-electron chi connectivity index (χ3n) is 3.20. The van der Waals surface area contributed by atoms with Crippen LogP contribution in [0.25, 0.3) is 0 Å². The molecule has 1 rings (SSSR count). The van der Waals surface area contributed by atoms with E-state index in [9.17, 15) is 4.79 Å². The fourth-order valence-corrected chi connectivity index (χ4v) is 1.94. The first kappa shape index (κ1) is 15.7. The Morgan fingerprint density at radius 3 is 2.53 bits per heavy atom. The fraction of sp³-hybridized carbons (Fsp3) is 0.533. The second-order valence-corrected chi connectivity index (χ2v) is 4.94. The highest BCUT2D eigenvalue weighted by molar-refractivity contribution is 5.83. The van der Waals surface area contributed by atoms with E-state index in [1.807, 2.05) is 56.1 Å². The van der Waals surface area contributed by atoms with Gasteiger partial charge in [0.15, 0.2) is 0 Å². The van der Waals surface area contributed by atoms with Gasteiger partial charge in [-0.15, -0.1) is 0 Å². The molecule has 4 nitrogen and oxygen atoms in total. The predicted molar refractivity (Wildman–Crippen MR) is 78.8 cm³/mol. The van der Waals surface area contributed by atoms with Crippen molar-refractivity contribution in [3.05, 3.63) is 35.9 Å². The molecule has 0 aliphatic carbocycles. The van der Waals surface area contributed by atoms with Crippen molar-refractivity contribution in [2.75, 3.05) is 20.1 Å². The Morgan fingerprint density at radius 2 is 2.00 bits per heavy atom.